The summed E-state index contributed by atoms with van der Waals surface area (Å²) in [7, 11) is 1.49. The Balaban J connectivity index is 2.27. The van der Waals surface area contributed by atoms with E-state index in [9.17, 15) is 14.9 Å². The van der Waals surface area contributed by atoms with Crippen molar-refractivity contribution in [3.05, 3.63) is 44.7 Å². The Kier molecular flexibility index (Phi) is 4.13. The summed E-state index contributed by atoms with van der Waals surface area (Å²) in [5.74, 6) is 0.461. The summed E-state index contributed by atoms with van der Waals surface area (Å²) >= 11 is 5.68. The van der Waals surface area contributed by atoms with Crippen LogP contribution in [0.5, 0.6) is 0 Å². The van der Waals surface area contributed by atoms with Crippen molar-refractivity contribution in [2.75, 3.05) is 7.05 Å². The third kappa shape index (κ3) is 3.14. The molecule has 110 valence electrons. The predicted octanol–water partition coefficient (Wildman–Crippen LogP) is 1.34. The number of H-pyrrole nitrogens is 1. The topological polar surface area (TPSA) is 118 Å². The van der Waals surface area contributed by atoms with Gasteiger partial charge in [0.15, 0.2) is 5.82 Å². The monoisotopic (exact) mass is 310 g/mol. The molecule has 10 heteroatoms. The van der Waals surface area contributed by atoms with Gasteiger partial charge in [-0.1, -0.05) is 11.6 Å². The lowest BCUT2D eigenvalue weighted by atomic mass is 10.2. The number of carbonyl (C=O) groups excluding carboxylic acids is 1. The Labute approximate surface area is 124 Å². The van der Waals surface area contributed by atoms with Gasteiger partial charge in [-0.3, -0.25) is 20.0 Å². The molecule has 1 amide bonds. The Morgan fingerprint density at radius 2 is 2.29 bits per heavy atom. The fourth-order valence-corrected chi connectivity index (χ4v) is 1.95. The number of amides is 1. The highest BCUT2D eigenvalue weighted by atomic mass is 35.5. The SMILES string of the molecule is Cc1nc(CN(C)C(=O)c2ccnc(Cl)c2[N+](=O)[O-])n[nH]1. The molecule has 2 rings (SSSR count). The Bertz CT molecular complexity index is 701. The number of carbonyl (C=O) groups is 1. The molecule has 0 atom stereocenters. The number of nitro groups is 1. The average Bonchev–Trinajstić information content (AvgIpc) is 2.82. The number of aromatic amines is 1. The number of aromatic nitrogens is 4. The van der Waals surface area contributed by atoms with Gasteiger partial charge in [0.25, 0.3) is 5.91 Å². The largest absolute Gasteiger partial charge is 0.334 e. The molecule has 0 spiro atoms. The van der Waals surface area contributed by atoms with E-state index in [1.165, 1.54) is 24.2 Å². The van der Waals surface area contributed by atoms with Crippen LogP contribution >= 0.6 is 11.6 Å². The fourth-order valence-electron chi connectivity index (χ4n) is 1.72. The van der Waals surface area contributed by atoms with Gasteiger partial charge in [-0.2, -0.15) is 5.10 Å². The van der Waals surface area contributed by atoms with E-state index in [2.05, 4.69) is 20.2 Å². The van der Waals surface area contributed by atoms with Gasteiger partial charge < -0.3 is 4.90 Å². The van der Waals surface area contributed by atoms with E-state index in [4.69, 9.17) is 11.6 Å². The van der Waals surface area contributed by atoms with Gasteiger partial charge in [-0.05, 0) is 13.0 Å². The van der Waals surface area contributed by atoms with Crippen LogP contribution in [0, 0.1) is 17.0 Å². The number of hydrogen-bond donors (Lipinski definition) is 1. The first-order valence-electron chi connectivity index (χ1n) is 5.82. The lowest BCUT2D eigenvalue weighted by Crippen LogP contribution is -2.27. The maximum Gasteiger partial charge on any atom is 0.319 e. The summed E-state index contributed by atoms with van der Waals surface area (Å²) in [5.41, 5.74) is -0.642. The number of halogens is 1. The minimum atomic E-state index is -0.729. The van der Waals surface area contributed by atoms with Crippen LogP contribution < -0.4 is 0 Å². The first kappa shape index (κ1) is 14.9. The van der Waals surface area contributed by atoms with E-state index in [0.717, 1.165) is 0 Å². The second-order valence-corrected chi connectivity index (χ2v) is 4.61. The highest BCUT2D eigenvalue weighted by molar-refractivity contribution is 6.32. The van der Waals surface area contributed by atoms with E-state index in [1.54, 1.807) is 6.92 Å². The molecule has 0 bridgehead atoms. The molecule has 0 saturated heterocycles. The first-order valence-corrected chi connectivity index (χ1v) is 6.20. The number of rotatable bonds is 4. The minimum absolute atomic E-state index is 0.111. The minimum Gasteiger partial charge on any atom is -0.334 e. The Morgan fingerprint density at radius 1 is 1.57 bits per heavy atom. The Hall–Kier alpha value is -2.55. The van der Waals surface area contributed by atoms with E-state index in [0.29, 0.717) is 11.6 Å². The summed E-state index contributed by atoms with van der Waals surface area (Å²) in [5, 5.41) is 17.2. The number of pyridine rings is 1. The van der Waals surface area contributed by atoms with Crippen molar-refractivity contribution in [2.24, 2.45) is 0 Å². The molecule has 21 heavy (non-hydrogen) atoms. The zero-order valence-electron chi connectivity index (χ0n) is 11.2. The molecule has 0 unspecified atom stereocenters. The number of aryl methyl sites for hydroxylation is 1. The quantitative estimate of drug-likeness (QED) is 0.517. The van der Waals surface area contributed by atoms with Crippen LogP contribution in [0.15, 0.2) is 12.3 Å². The molecule has 0 saturated carbocycles. The van der Waals surface area contributed by atoms with Crippen molar-refractivity contribution >= 4 is 23.2 Å². The Morgan fingerprint density at radius 3 is 2.86 bits per heavy atom. The van der Waals surface area contributed by atoms with Crippen LogP contribution in [0.25, 0.3) is 0 Å². The second kappa shape index (κ2) is 5.83. The van der Waals surface area contributed by atoms with Crippen molar-refractivity contribution in [1.29, 1.82) is 0 Å². The highest BCUT2D eigenvalue weighted by Crippen LogP contribution is 2.26. The van der Waals surface area contributed by atoms with Gasteiger partial charge >= 0.3 is 5.69 Å². The summed E-state index contributed by atoms with van der Waals surface area (Å²) in [6.45, 7) is 1.84. The molecule has 9 nitrogen and oxygen atoms in total. The molecule has 0 aromatic carbocycles. The molecular weight excluding hydrogens is 300 g/mol. The van der Waals surface area contributed by atoms with Crippen LogP contribution in [0.1, 0.15) is 22.0 Å². The van der Waals surface area contributed by atoms with Gasteiger partial charge in [0.2, 0.25) is 5.15 Å². The van der Waals surface area contributed by atoms with Gasteiger partial charge in [-0.25, -0.2) is 9.97 Å². The standard InChI is InChI=1S/C11H11ClN6O3/c1-6-14-8(16-15-6)5-17(2)11(19)7-3-4-13-10(12)9(7)18(20)21/h3-4H,5H2,1-2H3,(H,14,15,16). The molecule has 0 aliphatic carbocycles. The maximum atomic E-state index is 12.3. The molecule has 0 aliphatic heterocycles. The van der Waals surface area contributed by atoms with E-state index in [1.807, 2.05) is 0 Å². The zero-order valence-corrected chi connectivity index (χ0v) is 12.0. The third-order valence-electron chi connectivity index (χ3n) is 2.66. The lowest BCUT2D eigenvalue weighted by molar-refractivity contribution is -0.385. The summed E-state index contributed by atoms with van der Waals surface area (Å²) in [6, 6.07) is 1.26. The smallest absolute Gasteiger partial charge is 0.319 e. The van der Waals surface area contributed by atoms with Crippen LogP contribution in [0.4, 0.5) is 5.69 Å². The van der Waals surface area contributed by atoms with Crippen molar-refractivity contribution in [3.63, 3.8) is 0 Å². The number of nitrogens with zero attached hydrogens (tertiary/aromatic N) is 5. The van der Waals surface area contributed by atoms with Crippen LogP contribution in [-0.2, 0) is 6.54 Å². The molecule has 0 aliphatic rings. The summed E-state index contributed by atoms with van der Waals surface area (Å²) in [6.07, 6.45) is 1.24. The summed E-state index contributed by atoms with van der Waals surface area (Å²) < 4.78 is 0. The van der Waals surface area contributed by atoms with Crippen molar-refractivity contribution in [1.82, 2.24) is 25.1 Å². The van der Waals surface area contributed by atoms with Gasteiger partial charge in [0, 0.05) is 13.2 Å². The van der Waals surface area contributed by atoms with Crippen molar-refractivity contribution in [2.45, 2.75) is 13.5 Å². The third-order valence-corrected chi connectivity index (χ3v) is 2.94. The lowest BCUT2D eigenvalue weighted by Gasteiger charge is -2.15. The normalized spacial score (nSPS) is 10.4. The molecule has 2 heterocycles. The molecule has 1 N–H and O–H groups in total. The average molecular weight is 311 g/mol. The number of hydrogen-bond acceptors (Lipinski definition) is 6. The molecular formula is C11H11ClN6O3. The van der Waals surface area contributed by atoms with E-state index in [-0.39, 0.29) is 17.3 Å². The highest BCUT2D eigenvalue weighted by Gasteiger charge is 2.27. The van der Waals surface area contributed by atoms with Crippen LogP contribution in [-0.4, -0.2) is 42.9 Å². The molecule has 2 aromatic heterocycles. The second-order valence-electron chi connectivity index (χ2n) is 4.25. The van der Waals surface area contributed by atoms with Crippen molar-refractivity contribution < 1.29 is 9.72 Å². The molecule has 0 radical (unpaired) electrons. The zero-order chi connectivity index (χ0) is 15.6. The van der Waals surface area contributed by atoms with Crippen LogP contribution in [0.2, 0.25) is 5.15 Å². The van der Waals surface area contributed by atoms with Gasteiger partial charge in [0.05, 0.1) is 11.5 Å². The summed E-state index contributed by atoms with van der Waals surface area (Å²) in [4.78, 5) is 31.5. The number of nitrogens with one attached hydrogen (secondary N) is 1. The fraction of sp³-hybridized carbons (Fsp3) is 0.273. The molecule has 2 aromatic rings. The maximum absolute atomic E-state index is 12.3. The van der Waals surface area contributed by atoms with Crippen molar-refractivity contribution in [3.8, 4) is 0 Å². The first-order chi connectivity index (χ1) is 9.90. The van der Waals surface area contributed by atoms with Gasteiger partial charge in [0.1, 0.15) is 11.4 Å². The van der Waals surface area contributed by atoms with Gasteiger partial charge in [-0.15, -0.1) is 0 Å². The van der Waals surface area contributed by atoms with Crippen LogP contribution in [0.3, 0.4) is 0 Å². The van der Waals surface area contributed by atoms with E-state index < -0.39 is 16.5 Å². The predicted molar refractivity (Wildman–Crippen MR) is 72.8 cm³/mol. The molecule has 0 fully saturated rings. The van der Waals surface area contributed by atoms with E-state index >= 15 is 0 Å².